The van der Waals surface area contributed by atoms with E-state index in [1.807, 2.05) is 0 Å². The van der Waals surface area contributed by atoms with E-state index in [9.17, 15) is 13.2 Å². The van der Waals surface area contributed by atoms with E-state index >= 15 is 0 Å². The molecule has 0 radical (unpaired) electrons. The van der Waals surface area contributed by atoms with Crippen molar-refractivity contribution in [3.8, 4) is 0 Å². The number of rotatable bonds is 4. The Morgan fingerprint density at radius 2 is 1.92 bits per heavy atom. The van der Waals surface area contributed by atoms with Crippen molar-refractivity contribution in [1.29, 1.82) is 0 Å². The molecule has 1 atom stereocenters. The van der Waals surface area contributed by atoms with Gasteiger partial charge in [0.15, 0.2) is 0 Å². The number of carboxylic acid groups (broad SMARTS) is 1. The van der Waals surface area contributed by atoms with Gasteiger partial charge in [-0.1, -0.05) is 35.3 Å². The van der Waals surface area contributed by atoms with Crippen molar-refractivity contribution in [1.82, 2.24) is 0 Å². The van der Waals surface area contributed by atoms with E-state index in [1.165, 1.54) is 18.2 Å². The quantitative estimate of drug-likeness (QED) is 0.820. The van der Waals surface area contributed by atoms with Gasteiger partial charge in [-0.15, -0.1) is 0 Å². The molecule has 0 aromatic heterocycles. The summed E-state index contributed by atoms with van der Waals surface area (Å²) in [6.45, 7) is 0.184. The molecular formula is C16H14Cl2N2O4S. The van der Waals surface area contributed by atoms with E-state index < -0.39 is 22.0 Å². The Morgan fingerprint density at radius 3 is 2.60 bits per heavy atom. The van der Waals surface area contributed by atoms with Gasteiger partial charge in [-0.25, -0.2) is 8.42 Å². The van der Waals surface area contributed by atoms with Crippen LogP contribution < -0.4 is 9.62 Å². The van der Waals surface area contributed by atoms with Crippen molar-refractivity contribution in [2.45, 2.75) is 17.4 Å². The molecule has 0 unspecified atom stereocenters. The number of para-hydroxylation sites is 2. The number of anilines is 2. The van der Waals surface area contributed by atoms with Crippen LogP contribution in [0.1, 0.15) is 6.42 Å². The van der Waals surface area contributed by atoms with Gasteiger partial charge in [-0.2, -0.15) is 0 Å². The minimum Gasteiger partial charge on any atom is -0.481 e. The summed E-state index contributed by atoms with van der Waals surface area (Å²) < 4.78 is 27.6. The summed E-state index contributed by atoms with van der Waals surface area (Å²) in [6, 6.07) is 10.1. The number of hydrogen-bond acceptors (Lipinski definition) is 4. The second-order valence-electron chi connectivity index (χ2n) is 5.53. The molecular weight excluding hydrogens is 387 g/mol. The molecule has 0 saturated heterocycles. The zero-order valence-corrected chi connectivity index (χ0v) is 15.1. The predicted octanol–water partition coefficient (Wildman–Crippen LogP) is 3.46. The van der Waals surface area contributed by atoms with Gasteiger partial charge in [0.1, 0.15) is 0 Å². The van der Waals surface area contributed by atoms with Crippen LogP contribution >= 0.6 is 23.2 Å². The molecule has 25 heavy (non-hydrogen) atoms. The smallest absolute Gasteiger partial charge is 0.305 e. The molecule has 0 spiro atoms. The first-order chi connectivity index (χ1) is 11.8. The molecule has 6 nitrogen and oxygen atoms in total. The van der Waals surface area contributed by atoms with E-state index in [4.69, 9.17) is 28.3 Å². The lowest BCUT2D eigenvalue weighted by molar-refractivity contribution is -0.137. The second kappa shape index (κ2) is 6.74. The van der Waals surface area contributed by atoms with Gasteiger partial charge >= 0.3 is 5.97 Å². The summed E-state index contributed by atoms with van der Waals surface area (Å²) in [5.74, 6) is -1.08. The Labute approximate surface area is 155 Å². The van der Waals surface area contributed by atoms with E-state index in [0.29, 0.717) is 11.4 Å². The standard InChI is InChI=1S/C16H14Cl2N2O4S/c17-12-6-5-11(8-13(12)18)25(23,24)20-10(7-16(21)22)9-19-14-3-1-2-4-15(14)20/h1-6,8,10,19H,7,9H2,(H,21,22)/t10-/m1/s1. The third-order valence-electron chi connectivity index (χ3n) is 3.86. The van der Waals surface area contributed by atoms with Gasteiger partial charge < -0.3 is 10.4 Å². The highest BCUT2D eigenvalue weighted by Gasteiger charge is 2.37. The fourth-order valence-electron chi connectivity index (χ4n) is 2.76. The van der Waals surface area contributed by atoms with Crippen LogP contribution in [0.2, 0.25) is 10.0 Å². The van der Waals surface area contributed by atoms with Gasteiger partial charge in [0.05, 0.1) is 38.8 Å². The van der Waals surface area contributed by atoms with E-state index in [0.717, 1.165) is 4.31 Å². The molecule has 1 aliphatic heterocycles. The van der Waals surface area contributed by atoms with Crippen molar-refractivity contribution in [2.24, 2.45) is 0 Å². The zero-order valence-electron chi connectivity index (χ0n) is 12.8. The number of carbonyl (C=O) groups is 1. The molecule has 1 heterocycles. The number of fused-ring (bicyclic) bond motifs is 1. The second-order valence-corrected chi connectivity index (χ2v) is 8.16. The normalized spacial score (nSPS) is 16.9. The Balaban J connectivity index is 2.14. The summed E-state index contributed by atoms with van der Waals surface area (Å²) in [5, 5.41) is 12.6. The number of carboxylic acids is 1. The van der Waals surface area contributed by atoms with Gasteiger partial charge in [-0.3, -0.25) is 9.10 Å². The summed E-state index contributed by atoms with van der Waals surface area (Å²) in [7, 11) is -4.02. The molecule has 0 bridgehead atoms. The van der Waals surface area contributed by atoms with Crippen LogP contribution in [-0.4, -0.2) is 32.1 Å². The van der Waals surface area contributed by atoms with Crippen LogP contribution in [0, 0.1) is 0 Å². The molecule has 2 aromatic rings. The molecule has 2 aromatic carbocycles. The molecule has 0 amide bonds. The average Bonchev–Trinajstić information content (AvgIpc) is 2.56. The lowest BCUT2D eigenvalue weighted by Crippen LogP contribution is -2.48. The first kappa shape index (κ1) is 17.8. The number of nitrogens with zero attached hydrogens (tertiary/aromatic N) is 1. The van der Waals surface area contributed by atoms with Gasteiger partial charge in [0.25, 0.3) is 10.0 Å². The highest BCUT2D eigenvalue weighted by Crippen LogP contribution is 2.37. The Hall–Kier alpha value is -1.96. The molecule has 3 rings (SSSR count). The summed E-state index contributed by atoms with van der Waals surface area (Å²) in [5.41, 5.74) is 1.01. The van der Waals surface area contributed by atoms with Gasteiger partial charge in [0, 0.05) is 6.54 Å². The fourth-order valence-corrected chi connectivity index (χ4v) is 4.81. The fraction of sp³-hybridized carbons (Fsp3) is 0.188. The molecule has 0 saturated carbocycles. The minimum absolute atomic E-state index is 0.0472. The third-order valence-corrected chi connectivity index (χ3v) is 6.46. The van der Waals surface area contributed by atoms with Crippen molar-refractivity contribution in [2.75, 3.05) is 16.2 Å². The Kier molecular flexibility index (Phi) is 4.81. The Morgan fingerprint density at radius 1 is 1.20 bits per heavy atom. The highest BCUT2D eigenvalue weighted by molar-refractivity contribution is 7.92. The molecule has 0 aliphatic carbocycles. The summed E-state index contributed by atoms with van der Waals surface area (Å²) >= 11 is 11.8. The highest BCUT2D eigenvalue weighted by atomic mass is 35.5. The van der Waals surface area contributed by atoms with E-state index in [-0.39, 0.29) is 27.9 Å². The maximum atomic E-state index is 13.2. The number of benzene rings is 2. The van der Waals surface area contributed by atoms with E-state index in [1.54, 1.807) is 24.3 Å². The van der Waals surface area contributed by atoms with Gasteiger partial charge in [-0.05, 0) is 30.3 Å². The monoisotopic (exact) mass is 400 g/mol. The lowest BCUT2D eigenvalue weighted by atomic mass is 10.1. The largest absolute Gasteiger partial charge is 0.481 e. The maximum absolute atomic E-state index is 13.2. The van der Waals surface area contributed by atoms with Crippen LogP contribution in [0.15, 0.2) is 47.4 Å². The van der Waals surface area contributed by atoms with Crippen LogP contribution in [0.3, 0.4) is 0 Å². The van der Waals surface area contributed by atoms with Crippen LogP contribution in [0.25, 0.3) is 0 Å². The van der Waals surface area contributed by atoms with Crippen molar-refractivity contribution >= 4 is 50.6 Å². The molecule has 0 fully saturated rings. The molecule has 132 valence electrons. The topological polar surface area (TPSA) is 86.7 Å². The van der Waals surface area contributed by atoms with Crippen LogP contribution in [0.5, 0.6) is 0 Å². The first-order valence-corrected chi connectivity index (χ1v) is 9.54. The third kappa shape index (κ3) is 3.40. The molecule has 9 heteroatoms. The zero-order chi connectivity index (χ0) is 18.2. The molecule has 1 aliphatic rings. The maximum Gasteiger partial charge on any atom is 0.305 e. The number of aliphatic carboxylic acids is 1. The van der Waals surface area contributed by atoms with Gasteiger partial charge in [0.2, 0.25) is 0 Å². The minimum atomic E-state index is -4.02. The summed E-state index contributed by atoms with van der Waals surface area (Å²) in [4.78, 5) is 11.2. The van der Waals surface area contributed by atoms with Crippen molar-refractivity contribution in [3.63, 3.8) is 0 Å². The number of sulfonamides is 1. The lowest BCUT2D eigenvalue weighted by Gasteiger charge is -2.37. The number of halogens is 2. The van der Waals surface area contributed by atoms with Crippen LogP contribution in [0.4, 0.5) is 11.4 Å². The Bertz CT molecular complexity index is 933. The van der Waals surface area contributed by atoms with Crippen molar-refractivity contribution in [3.05, 3.63) is 52.5 Å². The summed E-state index contributed by atoms with van der Waals surface area (Å²) in [6.07, 6.45) is -0.331. The SMILES string of the molecule is O=C(O)C[C@@H]1CNc2ccccc2N1S(=O)(=O)c1ccc(Cl)c(Cl)c1. The van der Waals surface area contributed by atoms with Crippen LogP contribution in [-0.2, 0) is 14.8 Å². The first-order valence-electron chi connectivity index (χ1n) is 7.35. The van der Waals surface area contributed by atoms with Crippen molar-refractivity contribution < 1.29 is 18.3 Å². The number of nitrogens with one attached hydrogen (secondary N) is 1. The number of hydrogen-bond donors (Lipinski definition) is 2. The predicted molar refractivity (Wildman–Crippen MR) is 97.1 cm³/mol. The van der Waals surface area contributed by atoms with E-state index in [2.05, 4.69) is 5.32 Å². The average molecular weight is 401 g/mol. The molecule has 2 N–H and O–H groups in total.